The molecule has 5 nitrogen and oxygen atoms in total. The zero-order valence-corrected chi connectivity index (χ0v) is 17.5. The number of fused-ring (bicyclic) bond motifs is 3. The van der Waals surface area contributed by atoms with Gasteiger partial charge in [-0.3, -0.25) is 9.59 Å². The SMILES string of the molecule is NC(Cc1cccc(Cl)c1)[C@H](C(=O)O)C(=O)OCC1c2ccccc2-c2ccccc21. The van der Waals surface area contributed by atoms with Gasteiger partial charge in [0.1, 0.15) is 6.61 Å². The minimum Gasteiger partial charge on any atom is -0.481 e. The van der Waals surface area contributed by atoms with E-state index in [4.69, 9.17) is 22.1 Å². The van der Waals surface area contributed by atoms with Crippen molar-refractivity contribution in [1.82, 2.24) is 0 Å². The molecule has 0 aliphatic heterocycles. The Morgan fingerprint density at radius 1 is 0.968 bits per heavy atom. The molecule has 0 fully saturated rings. The average Bonchev–Trinajstić information content (AvgIpc) is 3.06. The maximum atomic E-state index is 12.8. The number of rotatable bonds is 7. The van der Waals surface area contributed by atoms with E-state index in [-0.39, 0.29) is 18.9 Å². The van der Waals surface area contributed by atoms with Crippen LogP contribution in [0, 0.1) is 5.92 Å². The lowest BCUT2D eigenvalue weighted by molar-refractivity contribution is -0.159. The molecular weight excluding hydrogens is 414 g/mol. The minimum atomic E-state index is -1.47. The molecule has 1 unspecified atom stereocenters. The number of nitrogens with two attached hydrogens (primary N) is 1. The second kappa shape index (κ2) is 8.92. The van der Waals surface area contributed by atoms with Crippen molar-refractivity contribution in [3.8, 4) is 11.1 Å². The maximum absolute atomic E-state index is 12.8. The van der Waals surface area contributed by atoms with Crippen LogP contribution in [-0.2, 0) is 20.7 Å². The molecular formula is C25H22ClNO4. The van der Waals surface area contributed by atoms with Gasteiger partial charge in [-0.05, 0) is 46.4 Å². The third-order valence-corrected chi connectivity index (χ3v) is 5.90. The third-order valence-electron chi connectivity index (χ3n) is 5.66. The smallest absolute Gasteiger partial charge is 0.321 e. The largest absolute Gasteiger partial charge is 0.481 e. The summed E-state index contributed by atoms with van der Waals surface area (Å²) < 4.78 is 5.52. The van der Waals surface area contributed by atoms with Crippen molar-refractivity contribution < 1.29 is 19.4 Å². The van der Waals surface area contributed by atoms with Crippen molar-refractivity contribution in [2.45, 2.75) is 18.4 Å². The Bertz CT molecular complexity index is 1080. The van der Waals surface area contributed by atoms with E-state index < -0.39 is 23.9 Å². The predicted octanol–water partition coefficient (Wildman–Crippen LogP) is 4.27. The summed E-state index contributed by atoms with van der Waals surface area (Å²) in [5, 5.41) is 10.2. The first-order valence-corrected chi connectivity index (χ1v) is 10.4. The van der Waals surface area contributed by atoms with Crippen LogP contribution < -0.4 is 5.73 Å². The summed E-state index contributed by atoms with van der Waals surface area (Å²) in [6.07, 6.45) is 0.196. The van der Waals surface area contributed by atoms with Crippen LogP contribution in [0.4, 0.5) is 0 Å². The van der Waals surface area contributed by atoms with Crippen LogP contribution in [0.25, 0.3) is 11.1 Å². The van der Waals surface area contributed by atoms with E-state index in [9.17, 15) is 14.7 Å². The Morgan fingerprint density at radius 2 is 1.58 bits per heavy atom. The van der Waals surface area contributed by atoms with Crippen molar-refractivity contribution in [1.29, 1.82) is 0 Å². The fraction of sp³-hybridized carbons (Fsp3) is 0.200. The number of halogens is 1. The van der Waals surface area contributed by atoms with E-state index in [1.807, 2.05) is 48.5 Å². The summed E-state index contributed by atoms with van der Waals surface area (Å²) in [4.78, 5) is 24.6. The maximum Gasteiger partial charge on any atom is 0.321 e. The van der Waals surface area contributed by atoms with Crippen LogP contribution in [0.5, 0.6) is 0 Å². The molecule has 0 heterocycles. The van der Waals surface area contributed by atoms with Crippen LogP contribution in [0.2, 0.25) is 5.02 Å². The van der Waals surface area contributed by atoms with Crippen LogP contribution in [-0.4, -0.2) is 29.7 Å². The van der Waals surface area contributed by atoms with E-state index in [0.29, 0.717) is 5.02 Å². The number of carboxylic acids is 1. The molecule has 31 heavy (non-hydrogen) atoms. The van der Waals surface area contributed by atoms with Gasteiger partial charge in [0.2, 0.25) is 0 Å². The second-order valence-electron chi connectivity index (χ2n) is 7.67. The minimum absolute atomic E-state index is 0.0561. The lowest BCUT2D eigenvalue weighted by Gasteiger charge is -2.21. The number of carbonyl (C=O) groups is 2. The lowest BCUT2D eigenvalue weighted by Crippen LogP contribution is -2.43. The first-order chi connectivity index (χ1) is 15.0. The van der Waals surface area contributed by atoms with E-state index in [1.165, 1.54) is 0 Å². The molecule has 2 atom stereocenters. The first kappa shape index (κ1) is 21.1. The molecule has 0 saturated carbocycles. The van der Waals surface area contributed by atoms with Gasteiger partial charge in [0.25, 0.3) is 0 Å². The van der Waals surface area contributed by atoms with Crippen LogP contribution in [0.3, 0.4) is 0 Å². The van der Waals surface area contributed by atoms with Crippen molar-refractivity contribution in [2.75, 3.05) is 6.61 Å². The van der Waals surface area contributed by atoms with E-state index in [1.54, 1.807) is 24.3 Å². The van der Waals surface area contributed by atoms with Crippen LogP contribution in [0.1, 0.15) is 22.6 Å². The van der Waals surface area contributed by atoms with Crippen molar-refractivity contribution >= 4 is 23.5 Å². The highest BCUT2D eigenvalue weighted by atomic mass is 35.5. The summed E-state index contributed by atoms with van der Waals surface area (Å²) >= 11 is 5.99. The van der Waals surface area contributed by atoms with Gasteiger partial charge in [0, 0.05) is 17.0 Å². The summed E-state index contributed by atoms with van der Waals surface area (Å²) in [6.45, 7) is 0.0561. The molecule has 0 saturated heterocycles. The zero-order chi connectivity index (χ0) is 22.0. The summed E-state index contributed by atoms with van der Waals surface area (Å²) in [5.74, 6) is -3.74. The van der Waals surface area contributed by atoms with Gasteiger partial charge < -0.3 is 15.6 Å². The highest BCUT2D eigenvalue weighted by molar-refractivity contribution is 6.30. The van der Waals surface area contributed by atoms with E-state index in [0.717, 1.165) is 27.8 Å². The van der Waals surface area contributed by atoms with Crippen molar-refractivity contribution in [2.24, 2.45) is 11.7 Å². The Hall–Kier alpha value is -3.15. The fourth-order valence-corrected chi connectivity index (χ4v) is 4.42. The number of carboxylic acid groups (broad SMARTS) is 1. The highest BCUT2D eigenvalue weighted by Crippen LogP contribution is 2.44. The van der Waals surface area contributed by atoms with Gasteiger partial charge >= 0.3 is 11.9 Å². The molecule has 0 bridgehead atoms. The summed E-state index contributed by atoms with van der Waals surface area (Å²) in [6, 6.07) is 22.0. The van der Waals surface area contributed by atoms with Gasteiger partial charge in [-0.15, -0.1) is 0 Å². The molecule has 0 amide bonds. The molecule has 3 N–H and O–H groups in total. The number of aliphatic carboxylic acids is 1. The molecule has 6 heteroatoms. The van der Waals surface area contributed by atoms with Gasteiger partial charge in [0.05, 0.1) is 0 Å². The summed E-state index contributed by atoms with van der Waals surface area (Å²) in [7, 11) is 0. The van der Waals surface area contributed by atoms with Gasteiger partial charge in [-0.2, -0.15) is 0 Å². The van der Waals surface area contributed by atoms with Gasteiger partial charge in [-0.25, -0.2) is 0 Å². The normalized spacial score (nSPS) is 14.4. The Kier molecular flexibility index (Phi) is 6.07. The number of ether oxygens (including phenoxy) is 1. The molecule has 0 spiro atoms. The first-order valence-electron chi connectivity index (χ1n) is 10.0. The van der Waals surface area contributed by atoms with Gasteiger partial charge in [-0.1, -0.05) is 72.3 Å². The van der Waals surface area contributed by atoms with Crippen molar-refractivity contribution in [3.05, 3.63) is 94.5 Å². The number of benzene rings is 3. The molecule has 0 aromatic heterocycles. The molecule has 4 rings (SSSR count). The average molecular weight is 436 g/mol. The Balaban J connectivity index is 1.49. The van der Waals surface area contributed by atoms with Crippen LogP contribution >= 0.6 is 11.6 Å². The topological polar surface area (TPSA) is 89.6 Å². The fourth-order valence-electron chi connectivity index (χ4n) is 4.21. The van der Waals surface area contributed by atoms with Crippen molar-refractivity contribution in [3.63, 3.8) is 0 Å². The highest BCUT2D eigenvalue weighted by Gasteiger charge is 2.36. The lowest BCUT2D eigenvalue weighted by atomic mass is 9.94. The number of carbonyl (C=O) groups excluding carboxylic acids is 1. The number of hydrogen-bond acceptors (Lipinski definition) is 4. The molecule has 1 aliphatic rings. The Labute approximate surface area is 185 Å². The zero-order valence-electron chi connectivity index (χ0n) is 16.7. The standard InChI is InChI=1S/C25H22ClNO4/c26-16-7-5-6-15(12-16)13-22(27)23(24(28)29)25(30)31-14-21-19-10-3-1-8-17(19)18-9-2-4-11-20(18)21/h1-12,21-23H,13-14,27H2,(H,28,29)/t22?,23-/m1/s1. The molecule has 3 aromatic carbocycles. The molecule has 0 radical (unpaired) electrons. The van der Waals surface area contributed by atoms with Crippen LogP contribution in [0.15, 0.2) is 72.8 Å². The third kappa shape index (κ3) is 4.33. The quantitative estimate of drug-likeness (QED) is 0.427. The second-order valence-corrected chi connectivity index (χ2v) is 8.11. The molecule has 3 aromatic rings. The number of hydrogen-bond donors (Lipinski definition) is 2. The molecule has 158 valence electrons. The summed E-state index contributed by atoms with van der Waals surface area (Å²) in [5.41, 5.74) is 11.2. The molecule has 1 aliphatic carbocycles. The monoisotopic (exact) mass is 435 g/mol. The van der Waals surface area contributed by atoms with E-state index >= 15 is 0 Å². The van der Waals surface area contributed by atoms with Gasteiger partial charge in [0.15, 0.2) is 5.92 Å². The predicted molar refractivity (Wildman–Crippen MR) is 119 cm³/mol. The van der Waals surface area contributed by atoms with E-state index in [2.05, 4.69) is 0 Å². The number of esters is 1. The Morgan fingerprint density at radius 3 is 2.16 bits per heavy atom.